The molecule has 4 atom stereocenters. The van der Waals surface area contributed by atoms with E-state index in [1.54, 1.807) is 41.3 Å². The Kier molecular flexibility index (Phi) is 8.40. The molecule has 3 aromatic carbocycles. The minimum atomic E-state index is -3.91. The lowest BCUT2D eigenvalue weighted by atomic mass is 9.89. The first-order chi connectivity index (χ1) is 20.7. The van der Waals surface area contributed by atoms with Crippen molar-refractivity contribution in [2.24, 2.45) is 5.92 Å². The van der Waals surface area contributed by atoms with Crippen molar-refractivity contribution in [1.29, 1.82) is 5.26 Å². The van der Waals surface area contributed by atoms with E-state index in [0.29, 0.717) is 28.5 Å². The Morgan fingerprint density at radius 2 is 1.70 bits per heavy atom. The Bertz CT molecular complexity index is 1660. The van der Waals surface area contributed by atoms with Gasteiger partial charge in [-0.15, -0.1) is 0 Å². The number of amides is 1. The number of para-hydroxylation sites is 1. The first-order valence-corrected chi connectivity index (χ1v) is 16.6. The smallest absolute Gasteiger partial charge is 0.253 e. The molecule has 1 saturated heterocycles. The van der Waals surface area contributed by atoms with E-state index in [2.05, 4.69) is 6.07 Å². The van der Waals surface area contributed by atoms with Crippen LogP contribution in [0.1, 0.15) is 55.4 Å². The first-order valence-electron chi connectivity index (χ1n) is 14.3. The minimum Gasteiger partial charge on any atom is -0.357 e. The van der Waals surface area contributed by atoms with Crippen molar-refractivity contribution < 1.29 is 22.3 Å². The van der Waals surface area contributed by atoms with Crippen LogP contribution in [-0.2, 0) is 19.6 Å². The van der Waals surface area contributed by atoms with Crippen LogP contribution in [0.3, 0.4) is 0 Å². The quantitative estimate of drug-likeness (QED) is 0.242. The van der Waals surface area contributed by atoms with Crippen molar-refractivity contribution in [3.63, 3.8) is 0 Å². The zero-order chi connectivity index (χ0) is 30.3. The van der Waals surface area contributed by atoms with Gasteiger partial charge in [0.15, 0.2) is 0 Å². The summed E-state index contributed by atoms with van der Waals surface area (Å²) in [6, 6.07) is 20.8. The van der Waals surface area contributed by atoms with Gasteiger partial charge in [-0.25, -0.2) is 12.8 Å². The maximum Gasteiger partial charge on any atom is 0.253 e. The van der Waals surface area contributed by atoms with Gasteiger partial charge in [0, 0.05) is 10.0 Å². The Morgan fingerprint density at radius 1 is 0.977 bits per heavy atom. The molecule has 0 aromatic heterocycles. The lowest BCUT2D eigenvalue weighted by molar-refractivity contribution is -0.179. The molecule has 224 valence electrons. The molecule has 11 heteroatoms. The first kappa shape index (κ1) is 29.9. The predicted molar refractivity (Wildman–Crippen MR) is 163 cm³/mol. The van der Waals surface area contributed by atoms with E-state index in [1.807, 2.05) is 18.2 Å². The van der Waals surface area contributed by atoms with Crippen LogP contribution in [-0.4, -0.2) is 43.2 Å². The maximum atomic E-state index is 15.2. The second-order valence-electron chi connectivity index (χ2n) is 11.3. The zero-order valence-electron chi connectivity index (χ0n) is 23.2. The average Bonchev–Trinajstić information content (AvgIpc) is 3.90. The van der Waals surface area contributed by atoms with Crippen molar-refractivity contribution in [3.8, 4) is 6.07 Å². The molecule has 3 aromatic rings. The lowest BCUT2D eigenvalue weighted by Crippen LogP contribution is -2.58. The Morgan fingerprint density at radius 3 is 2.33 bits per heavy atom. The van der Waals surface area contributed by atoms with E-state index in [4.69, 9.17) is 27.9 Å². The molecule has 43 heavy (non-hydrogen) atoms. The Balaban J connectivity index is 1.50. The highest BCUT2D eigenvalue weighted by Gasteiger charge is 2.52. The molecule has 2 saturated carbocycles. The summed E-state index contributed by atoms with van der Waals surface area (Å²) >= 11 is 12.6. The lowest BCUT2D eigenvalue weighted by Gasteiger charge is -2.49. The van der Waals surface area contributed by atoms with Crippen LogP contribution < -0.4 is 4.31 Å². The van der Waals surface area contributed by atoms with Gasteiger partial charge in [-0.3, -0.25) is 9.10 Å². The van der Waals surface area contributed by atoms with Crippen LogP contribution in [0.5, 0.6) is 0 Å². The second-order valence-corrected chi connectivity index (χ2v) is 14.3. The van der Waals surface area contributed by atoms with Gasteiger partial charge in [0.25, 0.3) is 5.91 Å². The van der Waals surface area contributed by atoms with Crippen molar-refractivity contribution in [1.82, 2.24) is 4.90 Å². The molecule has 0 spiro atoms. The van der Waals surface area contributed by atoms with E-state index in [9.17, 15) is 18.5 Å². The number of anilines is 1. The summed E-state index contributed by atoms with van der Waals surface area (Å²) in [4.78, 5) is 16.0. The molecular formula is C32H30Cl2FN3O4S. The number of nitrogens with zero attached hydrogens (tertiary/aromatic N) is 3. The summed E-state index contributed by atoms with van der Waals surface area (Å²) in [7, 11) is -3.91. The summed E-state index contributed by atoms with van der Waals surface area (Å²) in [5, 5.41) is 10.0. The molecule has 0 radical (unpaired) electrons. The number of hydrogen-bond donors (Lipinski definition) is 0. The van der Waals surface area contributed by atoms with Crippen LogP contribution in [0.25, 0.3) is 0 Å². The molecule has 6 rings (SSSR count). The highest BCUT2D eigenvalue weighted by Crippen LogP contribution is 2.49. The van der Waals surface area contributed by atoms with Crippen LogP contribution >= 0.6 is 23.2 Å². The average molecular weight is 643 g/mol. The summed E-state index contributed by atoms with van der Waals surface area (Å²) in [5.74, 6) is -1.08. The molecule has 3 aliphatic rings. The van der Waals surface area contributed by atoms with Gasteiger partial charge in [-0.1, -0.05) is 59.6 Å². The molecule has 1 heterocycles. The van der Waals surface area contributed by atoms with E-state index < -0.39 is 51.3 Å². The number of benzene rings is 3. The van der Waals surface area contributed by atoms with Crippen LogP contribution in [0.2, 0.25) is 10.0 Å². The zero-order valence-corrected chi connectivity index (χ0v) is 25.5. The number of carbonyl (C=O) groups is 1. The fourth-order valence-corrected chi connectivity index (χ4v) is 8.14. The number of morpholine rings is 1. The fourth-order valence-electron chi connectivity index (χ4n) is 5.94. The van der Waals surface area contributed by atoms with Crippen molar-refractivity contribution in [3.05, 3.63) is 99.8 Å². The highest BCUT2D eigenvalue weighted by atomic mass is 35.5. The third-order valence-electron chi connectivity index (χ3n) is 8.34. The summed E-state index contributed by atoms with van der Waals surface area (Å²) < 4.78 is 50.4. The van der Waals surface area contributed by atoms with Crippen molar-refractivity contribution >= 4 is 44.8 Å². The standard InChI is InChI=1S/C32H30Cl2FN3O4S/c33-23-12-10-21(11-13-23)30-31(22-4-3-5-24(34)18-22)42-29(16-17-36)32(39)38(30)28(20-8-9-20)19-37(43(40,41)25-14-15-25)27-7-2-1-6-26(27)35/h1-7,10-13,18,20,25,28-31H,8-9,14-16,19H2/t28-,29+,30+,31-/m0/s1. The Labute approximate surface area is 260 Å². The van der Waals surface area contributed by atoms with Crippen molar-refractivity contribution in [2.75, 3.05) is 10.8 Å². The fraction of sp³-hybridized carbons (Fsp3) is 0.375. The van der Waals surface area contributed by atoms with Crippen molar-refractivity contribution in [2.45, 2.75) is 61.6 Å². The molecule has 2 aliphatic carbocycles. The minimum absolute atomic E-state index is 0.0247. The van der Waals surface area contributed by atoms with Crippen LogP contribution in [0.15, 0.2) is 72.8 Å². The van der Waals surface area contributed by atoms with Gasteiger partial charge < -0.3 is 9.64 Å². The molecule has 0 N–H and O–H groups in total. The molecule has 0 unspecified atom stereocenters. The van der Waals surface area contributed by atoms with Gasteiger partial charge >= 0.3 is 0 Å². The maximum absolute atomic E-state index is 15.2. The third-order valence-corrected chi connectivity index (χ3v) is 11.1. The number of nitriles is 1. The van der Waals surface area contributed by atoms with Crippen LogP contribution in [0.4, 0.5) is 10.1 Å². The number of ether oxygens (including phenoxy) is 1. The van der Waals surface area contributed by atoms with E-state index in [1.165, 1.54) is 22.5 Å². The number of halogens is 3. The van der Waals surface area contributed by atoms with E-state index in [-0.39, 0.29) is 24.6 Å². The molecule has 0 bridgehead atoms. The number of rotatable bonds is 10. The van der Waals surface area contributed by atoms with E-state index >= 15 is 4.39 Å². The van der Waals surface area contributed by atoms with Crippen LogP contribution in [0, 0.1) is 23.1 Å². The second kappa shape index (κ2) is 12.1. The third kappa shape index (κ3) is 6.12. The number of sulfonamides is 1. The molecule has 1 amide bonds. The highest BCUT2D eigenvalue weighted by molar-refractivity contribution is 7.93. The Hall–Kier alpha value is -3.16. The van der Waals surface area contributed by atoms with Gasteiger partial charge in [0.05, 0.1) is 42.1 Å². The largest absolute Gasteiger partial charge is 0.357 e. The summed E-state index contributed by atoms with van der Waals surface area (Å²) in [6.45, 7) is -0.123. The topological polar surface area (TPSA) is 90.7 Å². The van der Waals surface area contributed by atoms with Gasteiger partial charge in [0.1, 0.15) is 18.0 Å². The van der Waals surface area contributed by atoms with Gasteiger partial charge in [-0.05, 0) is 79.1 Å². The molecular weight excluding hydrogens is 612 g/mol. The molecule has 3 fully saturated rings. The summed E-state index contributed by atoms with van der Waals surface area (Å²) in [6.07, 6.45) is 0.580. The van der Waals surface area contributed by atoms with Gasteiger partial charge in [-0.2, -0.15) is 5.26 Å². The number of carbonyl (C=O) groups excluding carboxylic acids is 1. The SMILES string of the molecule is N#CC[C@H]1O[C@@H](c2cccc(Cl)c2)[C@@H](c2ccc(Cl)cc2)N([C@@H](CN(c2ccccc2F)S(=O)(=O)C2CC2)C2CC2)C1=O. The van der Waals surface area contributed by atoms with Gasteiger partial charge in [0.2, 0.25) is 10.0 Å². The van der Waals surface area contributed by atoms with E-state index in [0.717, 1.165) is 18.4 Å². The molecule has 7 nitrogen and oxygen atoms in total. The normalized spacial score (nSPS) is 23.1. The monoisotopic (exact) mass is 641 g/mol. The summed E-state index contributed by atoms with van der Waals surface area (Å²) in [5.41, 5.74) is 1.40. The predicted octanol–water partition coefficient (Wildman–Crippen LogP) is 6.83. The number of hydrogen-bond acceptors (Lipinski definition) is 5. The molecule has 1 aliphatic heterocycles.